The van der Waals surface area contributed by atoms with Crippen molar-refractivity contribution in [3.05, 3.63) is 12.4 Å². The number of hydrogen-bond donors (Lipinski definition) is 1. The summed E-state index contributed by atoms with van der Waals surface area (Å²) in [6.45, 7) is 0. The molecule has 1 aliphatic rings. The molecule has 2 aromatic heterocycles. The van der Waals surface area contributed by atoms with Gasteiger partial charge >= 0.3 is 0 Å². The zero-order valence-corrected chi connectivity index (χ0v) is 8.43. The molecule has 0 atom stereocenters. The highest BCUT2D eigenvalue weighted by molar-refractivity contribution is 5.86. The van der Waals surface area contributed by atoms with Crippen molar-refractivity contribution in [3.63, 3.8) is 0 Å². The molecular formula is C10H13N5. The van der Waals surface area contributed by atoms with Gasteiger partial charge in [0.25, 0.3) is 0 Å². The fourth-order valence-corrected chi connectivity index (χ4v) is 2.29. The van der Waals surface area contributed by atoms with Crippen LogP contribution in [-0.2, 0) is 0 Å². The third kappa shape index (κ3) is 1.26. The Hall–Kier alpha value is -1.65. The minimum absolute atomic E-state index is 0.485. The van der Waals surface area contributed by atoms with Crippen molar-refractivity contribution in [2.45, 2.75) is 31.7 Å². The van der Waals surface area contributed by atoms with Crippen LogP contribution in [0.4, 0.5) is 5.69 Å². The number of fused-ring (bicyclic) bond motifs is 1. The van der Waals surface area contributed by atoms with E-state index in [-0.39, 0.29) is 0 Å². The summed E-state index contributed by atoms with van der Waals surface area (Å²) in [6.07, 6.45) is 8.30. The Balaban J connectivity index is 2.15. The second kappa shape index (κ2) is 3.18. The second-order valence-corrected chi connectivity index (χ2v) is 4.06. The van der Waals surface area contributed by atoms with Gasteiger partial charge in [-0.25, -0.2) is 4.68 Å². The molecule has 0 aliphatic heterocycles. The highest BCUT2D eigenvalue weighted by atomic mass is 15.3. The molecule has 3 rings (SSSR count). The monoisotopic (exact) mass is 203 g/mol. The number of nitrogen functional groups attached to an aromatic ring is 1. The van der Waals surface area contributed by atoms with Crippen LogP contribution in [0, 0.1) is 0 Å². The van der Waals surface area contributed by atoms with E-state index in [4.69, 9.17) is 5.73 Å². The standard InChI is InChI=1S/C10H13N5/c11-9-6-12-14-10-8(9)5-13-15(10)7-3-1-2-4-7/h5-7H,1-4H2,(H2,11,14). The van der Waals surface area contributed by atoms with Crippen molar-refractivity contribution in [1.82, 2.24) is 20.0 Å². The van der Waals surface area contributed by atoms with Gasteiger partial charge in [0.05, 0.1) is 29.5 Å². The van der Waals surface area contributed by atoms with Crippen LogP contribution in [0.15, 0.2) is 12.4 Å². The number of anilines is 1. The molecule has 0 radical (unpaired) electrons. The summed E-state index contributed by atoms with van der Waals surface area (Å²) in [7, 11) is 0. The zero-order valence-electron chi connectivity index (χ0n) is 8.43. The van der Waals surface area contributed by atoms with Crippen molar-refractivity contribution < 1.29 is 0 Å². The van der Waals surface area contributed by atoms with Gasteiger partial charge in [-0.1, -0.05) is 12.8 Å². The predicted octanol–water partition coefficient (Wildman–Crippen LogP) is 1.52. The van der Waals surface area contributed by atoms with E-state index in [1.165, 1.54) is 25.7 Å². The number of rotatable bonds is 1. The third-order valence-electron chi connectivity index (χ3n) is 3.10. The van der Waals surface area contributed by atoms with Gasteiger partial charge in [0.15, 0.2) is 5.65 Å². The van der Waals surface area contributed by atoms with Gasteiger partial charge in [-0.05, 0) is 12.8 Å². The van der Waals surface area contributed by atoms with Crippen molar-refractivity contribution in [2.75, 3.05) is 5.73 Å². The molecular weight excluding hydrogens is 190 g/mol. The zero-order chi connectivity index (χ0) is 10.3. The van der Waals surface area contributed by atoms with E-state index in [1.54, 1.807) is 12.4 Å². The molecule has 0 aromatic carbocycles. The van der Waals surface area contributed by atoms with Gasteiger partial charge in [-0.15, -0.1) is 5.10 Å². The van der Waals surface area contributed by atoms with Crippen LogP contribution in [0.25, 0.3) is 11.0 Å². The highest BCUT2D eigenvalue weighted by Crippen LogP contribution is 2.31. The Labute approximate surface area is 87.3 Å². The van der Waals surface area contributed by atoms with E-state index in [2.05, 4.69) is 15.3 Å². The van der Waals surface area contributed by atoms with E-state index in [9.17, 15) is 0 Å². The van der Waals surface area contributed by atoms with Crippen LogP contribution in [0.3, 0.4) is 0 Å². The Morgan fingerprint density at radius 3 is 2.87 bits per heavy atom. The number of nitrogens with zero attached hydrogens (tertiary/aromatic N) is 4. The maximum atomic E-state index is 5.81. The van der Waals surface area contributed by atoms with Crippen molar-refractivity contribution in [3.8, 4) is 0 Å². The first kappa shape index (κ1) is 8.64. The van der Waals surface area contributed by atoms with Crippen LogP contribution in [0.5, 0.6) is 0 Å². The fourth-order valence-electron chi connectivity index (χ4n) is 2.29. The van der Waals surface area contributed by atoms with Crippen LogP contribution in [0.1, 0.15) is 31.7 Å². The van der Waals surface area contributed by atoms with E-state index in [0.29, 0.717) is 11.7 Å². The van der Waals surface area contributed by atoms with E-state index >= 15 is 0 Å². The first-order valence-electron chi connectivity index (χ1n) is 5.30. The van der Waals surface area contributed by atoms with Crippen LogP contribution in [0.2, 0.25) is 0 Å². The molecule has 1 aliphatic carbocycles. The van der Waals surface area contributed by atoms with Gasteiger partial charge in [0, 0.05) is 0 Å². The molecule has 1 fully saturated rings. The van der Waals surface area contributed by atoms with Crippen molar-refractivity contribution >= 4 is 16.7 Å². The third-order valence-corrected chi connectivity index (χ3v) is 3.10. The number of hydrogen-bond acceptors (Lipinski definition) is 4. The molecule has 5 heteroatoms. The Morgan fingerprint density at radius 2 is 2.07 bits per heavy atom. The molecule has 2 N–H and O–H groups in total. The average Bonchev–Trinajstić information content (AvgIpc) is 2.85. The summed E-state index contributed by atoms with van der Waals surface area (Å²) in [6, 6.07) is 0.485. The van der Waals surface area contributed by atoms with Crippen molar-refractivity contribution in [2.24, 2.45) is 0 Å². The lowest BCUT2D eigenvalue weighted by Gasteiger charge is -2.09. The molecule has 15 heavy (non-hydrogen) atoms. The van der Waals surface area contributed by atoms with Gasteiger partial charge in [0.2, 0.25) is 0 Å². The quantitative estimate of drug-likeness (QED) is 0.763. The maximum absolute atomic E-state index is 5.81. The molecule has 2 heterocycles. The van der Waals surface area contributed by atoms with Crippen molar-refractivity contribution in [1.29, 1.82) is 0 Å². The van der Waals surface area contributed by atoms with Crippen LogP contribution >= 0.6 is 0 Å². The largest absolute Gasteiger partial charge is 0.397 e. The van der Waals surface area contributed by atoms with Gasteiger partial charge < -0.3 is 5.73 Å². The molecule has 0 saturated heterocycles. The van der Waals surface area contributed by atoms with E-state index < -0.39 is 0 Å². The molecule has 5 nitrogen and oxygen atoms in total. The fraction of sp³-hybridized carbons (Fsp3) is 0.500. The molecule has 0 spiro atoms. The smallest absolute Gasteiger partial charge is 0.182 e. The molecule has 78 valence electrons. The highest BCUT2D eigenvalue weighted by Gasteiger charge is 2.20. The average molecular weight is 203 g/mol. The molecule has 1 saturated carbocycles. The summed E-state index contributed by atoms with van der Waals surface area (Å²) in [5.74, 6) is 0. The molecule has 0 bridgehead atoms. The minimum atomic E-state index is 0.485. The summed E-state index contributed by atoms with van der Waals surface area (Å²) < 4.78 is 1.98. The summed E-state index contributed by atoms with van der Waals surface area (Å²) in [4.78, 5) is 0. The molecule has 0 unspecified atom stereocenters. The Bertz CT molecular complexity index is 484. The summed E-state index contributed by atoms with van der Waals surface area (Å²) in [5.41, 5.74) is 7.29. The Kier molecular flexibility index (Phi) is 1.83. The van der Waals surface area contributed by atoms with Crippen LogP contribution < -0.4 is 5.73 Å². The van der Waals surface area contributed by atoms with E-state index in [0.717, 1.165) is 11.0 Å². The number of aromatic nitrogens is 4. The summed E-state index contributed by atoms with van der Waals surface area (Å²) >= 11 is 0. The lowest BCUT2D eigenvalue weighted by molar-refractivity contribution is 0.477. The molecule has 0 amide bonds. The second-order valence-electron chi connectivity index (χ2n) is 4.06. The normalized spacial score (nSPS) is 17.6. The first-order valence-corrected chi connectivity index (χ1v) is 5.30. The lowest BCUT2D eigenvalue weighted by atomic mass is 10.2. The topological polar surface area (TPSA) is 69.6 Å². The summed E-state index contributed by atoms with van der Waals surface area (Å²) in [5, 5.41) is 13.3. The lowest BCUT2D eigenvalue weighted by Crippen LogP contribution is -2.07. The van der Waals surface area contributed by atoms with Gasteiger partial charge in [-0.2, -0.15) is 10.2 Å². The SMILES string of the molecule is Nc1cnnc2c1cnn2C1CCCC1. The van der Waals surface area contributed by atoms with Crippen LogP contribution in [-0.4, -0.2) is 20.0 Å². The van der Waals surface area contributed by atoms with Gasteiger partial charge in [-0.3, -0.25) is 0 Å². The number of nitrogens with two attached hydrogens (primary N) is 1. The first-order chi connectivity index (χ1) is 7.36. The maximum Gasteiger partial charge on any atom is 0.182 e. The molecule has 2 aromatic rings. The van der Waals surface area contributed by atoms with Gasteiger partial charge in [0.1, 0.15) is 0 Å². The predicted molar refractivity (Wildman–Crippen MR) is 57.2 cm³/mol. The minimum Gasteiger partial charge on any atom is -0.397 e. The Morgan fingerprint density at radius 1 is 1.27 bits per heavy atom. The van der Waals surface area contributed by atoms with E-state index in [1.807, 2.05) is 4.68 Å².